The molecule has 0 atom stereocenters. The molecule has 0 saturated carbocycles. The largest absolute Gasteiger partial charge is 0.452 e. The van der Waals surface area contributed by atoms with E-state index in [1.807, 2.05) is 0 Å². The number of nitrogens with zero attached hydrogens (tertiary/aromatic N) is 2. The standard InChI is InChI=1S/C20H23N3O7S/c1-4-22(5-2)31(28,29)17-8-6-7-15(11-17)20(25)30-13-19(24)21-16-10-9-14(3)18(12-16)23(26)27/h6-12H,4-5,13H2,1-3H3,(H,21,24). The van der Waals surface area contributed by atoms with Gasteiger partial charge in [-0.05, 0) is 31.2 Å². The molecule has 0 fully saturated rings. The van der Waals surface area contributed by atoms with Crippen molar-refractivity contribution in [1.82, 2.24) is 4.31 Å². The topological polar surface area (TPSA) is 136 Å². The summed E-state index contributed by atoms with van der Waals surface area (Å²) in [5.41, 5.74) is 0.452. The number of esters is 1. The lowest BCUT2D eigenvalue weighted by molar-refractivity contribution is -0.385. The minimum atomic E-state index is -3.75. The smallest absolute Gasteiger partial charge is 0.338 e. The molecule has 0 unspecified atom stereocenters. The molecule has 0 radical (unpaired) electrons. The SMILES string of the molecule is CCN(CC)S(=O)(=O)c1cccc(C(=O)OCC(=O)Nc2ccc(C)c([N+](=O)[O-])c2)c1. The number of sulfonamides is 1. The maximum atomic E-state index is 12.6. The van der Waals surface area contributed by atoms with E-state index < -0.39 is 33.4 Å². The van der Waals surface area contributed by atoms with E-state index in [1.54, 1.807) is 20.8 Å². The number of benzene rings is 2. The van der Waals surface area contributed by atoms with Crippen LogP contribution in [0.25, 0.3) is 0 Å². The molecule has 0 aliphatic rings. The summed E-state index contributed by atoms with van der Waals surface area (Å²) in [5.74, 6) is -1.57. The van der Waals surface area contributed by atoms with Crippen LogP contribution in [0.15, 0.2) is 47.4 Å². The van der Waals surface area contributed by atoms with Gasteiger partial charge in [-0.3, -0.25) is 14.9 Å². The Morgan fingerprint density at radius 3 is 2.42 bits per heavy atom. The Kier molecular flexibility index (Phi) is 7.83. The first-order valence-corrected chi connectivity index (χ1v) is 10.9. The molecule has 0 aliphatic heterocycles. The number of nitrogens with one attached hydrogen (secondary N) is 1. The van der Waals surface area contributed by atoms with Crippen LogP contribution in [0, 0.1) is 17.0 Å². The Balaban J connectivity index is 2.06. The summed E-state index contributed by atoms with van der Waals surface area (Å²) < 4.78 is 31.4. The zero-order chi connectivity index (χ0) is 23.2. The maximum absolute atomic E-state index is 12.6. The van der Waals surface area contributed by atoms with E-state index in [0.717, 1.165) is 0 Å². The van der Waals surface area contributed by atoms with E-state index in [4.69, 9.17) is 4.74 Å². The molecule has 31 heavy (non-hydrogen) atoms. The van der Waals surface area contributed by atoms with Gasteiger partial charge in [-0.15, -0.1) is 0 Å². The first-order valence-electron chi connectivity index (χ1n) is 9.42. The number of carbonyl (C=O) groups is 2. The highest BCUT2D eigenvalue weighted by atomic mass is 32.2. The van der Waals surface area contributed by atoms with E-state index in [-0.39, 0.29) is 34.9 Å². The Hall–Kier alpha value is -3.31. The zero-order valence-corrected chi connectivity index (χ0v) is 18.1. The average Bonchev–Trinajstić information content (AvgIpc) is 2.74. The molecule has 2 aromatic rings. The first kappa shape index (κ1) is 24.0. The second-order valence-corrected chi connectivity index (χ2v) is 8.44. The van der Waals surface area contributed by atoms with Crippen molar-refractivity contribution in [2.75, 3.05) is 25.0 Å². The number of nitro groups is 1. The summed E-state index contributed by atoms with van der Waals surface area (Å²) in [6.07, 6.45) is 0. The monoisotopic (exact) mass is 449 g/mol. The predicted molar refractivity (Wildman–Crippen MR) is 113 cm³/mol. The van der Waals surface area contributed by atoms with Crippen molar-refractivity contribution >= 4 is 33.3 Å². The van der Waals surface area contributed by atoms with Gasteiger partial charge in [0, 0.05) is 30.4 Å². The fraction of sp³-hybridized carbons (Fsp3) is 0.300. The molecule has 166 valence electrons. The third-order valence-electron chi connectivity index (χ3n) is 4.44. The van der Waals surface area contributed by atoms with Crippen LogP contribution in [-0.2, 0) is 19.6 Å². The number of carbonyl (C=O) groups excluding carboxylic acids is 2. The molecule has 0 spiro atoms. The highest BCUT2D eigenvalue weighted by molar-refractivity contribution is 7.89. The lowest BCUT2D eigenvalue weighted by Crippen LogP contribution is -2.30. The summed E-state index contributed by atoms with van der Waals surface area (Å²) in [6.45, 7) is 4.91. The van der Waals surface area contributed by atoms with Gasteiger partial charge >= 0.3 is 5.97 Å². The fourth-order valence-electron chi connectivity index (χ4n) is 2.79. The molecular formula is C20H23N3O7S. The molecule has 2 rings (SSSR count). The van der Waals surface area contributed by atoms with Gasteiger partial charge in [0.2, 0.25) is 10.0 Å². The van der Waals surface area contributed by atoms with Gasteiger partial charge in [-0.2, -0.15) is 4.31 Å². The van der Waals surface area contributed by atoms with E-state index >= 15 is 0 Å². The van der Waals surface area contributed by atoms with Gasteiger partial charge in [0.25, 0.3) is 11.6 Å². The lowest BCUT2D eigenvalue weighted by Gasteiger charge is -2.18. The molecule has 1 N–H and O–H groups in total. The number of ether oxygens (including phenoxy) is 1. The highest BCUT2D eigenvalue weighted by Gasteiger charge is 2.23. The number of hydrogen-bond donors (Lipinski definition) is 1. The molecule has 10 nitrogen and oxygen atoms in total. The molecule has 0 saturated heterocycles. The minimum Gasteiger partial charge on any atom is -0.452 e. The van der Waals surface area contributed by atoms with Crippen LogP contribution in [0.2, 0.25) is 0 Å². The van der Waals surface area contributed by atoms with Crippen molar-refractivity contribution in [3.63, 3.8) is 0 Å². The number of anilines is 1. The molecule has 2 aromatic carbocycles. The van der Waals surface area contributed by atoms with Crippen molar-refractivity contribution in [2.24, 2.45) is 0 Å². The van der Waals surface area contributed by atoms with Gasteiger partial charge in [-0.25, -0.2) is 13.2 Å². The van der Waals surface area contributed by atoms with Crippen molar-refractivity contribution in [3.8, 4) is 0 Å². The van der Waals surface area contributed by atoms with Gasteiger partial charge < -0.3 is 10.1 Å². The van der Waals surface area contributed by atoms with E-state index in [0.29, 0.717) is 5.56 Å². The minimum absolute atomic E-state index is 0.0213. The van der Waals surface area contributed by atoms with Crippen LogP contribution < -0.4 is 5.32 Å². The molecule has 1 amide bonds. The fourth-order valence-corrected chi connectivity index (χ4v) is 4.30. The van der Waals surface area contributed by atoms with E-state index in [2.05, 4.69) is 5.32 Å². The van der Waals surface area contributed by atoms with Crippen LogP contribution >= 0.6 is 0 Å². The Morgan fingerprint density at radius 1 is 1.13 bits per heavy atom. The van der Waals surface area contributed by atoms with E-state index in [9.17, 15) is 28.1 Å². The zero-order valence-electron chi connectivity index (χ0n) is 17.3. The molecule has 0 aromatic heterocycles. The Morgan fingerprint density at radius 2 is 1.81 bits per heavy atom. The Labute approximate surface area is 180 Å². The van der Waals surface area contributed by atoms with Gasteiger partial charge in [0.1, 0.15) is 0 Å². The lowest BCUT2D eigenvalue weighted by atomic mass is 10.2. The molecule has 11 heteroatoms. The molecule has 0 bridgehead atoms. The van der Waals surface area contributed by atoms with Gasteiger partial charge in [-0.1, -0.05) is 26.0 Å². The second-order valence-electron chi connectivity index (χ2n) is 6.50. The molecular weight excluding hydrogens is 426 g/mol. The van der Waals surface area contributed by atoms with Crippen molar-refractivity contribution in [3.05, 3.63) is 63.7 Å². The van der Waals surface area contributed by atoms with Crippen LogP contribution in [0.5, 0.6) is 0 Å². The van der Waals surface area contributed by atoms with Crippen molar-refractivity contribution in [2.45, 2.75) is 25.7 Å². The van der Waals surface area contributed by atoms with Crippen molar-refractivity contribution in [1.29, 1.82) is 0 Å². The summed E-state index contributed by atoms with van der Waals surface area (Å²) in [4.78, 5) is 34.7. The summed E-state index contributed by atoms with van der Waals surface area (Å²) in [6, 6.07) is 9.55. The van der Waals surface area contributed by atoms with Gasteiger partial charge in [0.05, 0.1) is 15.4 Å². The average molecular weight is 449 g/mol. The van der Waals surface area contributed by atoms with Crippen LogP contribution in [0.1, 0.15) is 29.8 Å². The number of rotatable bonds is 9. The van der Waals surface area contributed by atoms with Crippen LogP contribution in [-0.4, -0.2) is 49.2 Å². The Bertz CT molecular complexity index is 1100. The summed E-state index contributed by atoms with van der Waals surface area (Å²) in [7, 11) is -3.75. The third-order valence-corrected chi connectivity index (χ3v) is 6.48. The number of amides is 1. The number of aryl methyl sites for hydroxylation is 1. The number of hydrogen-bond acceptors (Lipinski definition) is 7. The van der Waals surface area contributed by atoms with E-state index in [1.165, 1.54) is 46.8 Å². The van der Waals surface area contributed by atoms with Crippen LogP contribution in [0.3, 0.4) is 0 Å². The second kappa shape index (κ2) is 10.1. The molecule has 0 heterocycles. The maximum Gasteiger partial charge on any atom is 0.338 e. The number of nitro benzene ring substituents is 1. The summed E-state index contributed by atoms with van der Waals surface area (Å²) in [5, 5.41) is 13.4. The first-order chi connectivity index (χ1) is 14.6. The van der Waals surface area contributed by atoms with Crippen LogP contribution in [0.4, 0.5) is 11.4 Å². The van der Waals surface area contributed by atoms with Gasteiger partial charge in [0.15, 0.2) is 6.61 Å². The highest BCUT2D eigenvalue weighted by Crippen LogP contribution is 2.22. The van der Waals surface area contributed by atoms with Crippen molar-refractivity contribution < 1.29 is 27.7 Å². The molecule has 0 aliphatic carbocycles. The quantitative estimate of drug-likeness (QED) is 0.353. The third kappa shape index (κ3) is 5.86. The normalized spacial score (nSPS) is 11.2. The summed E-state index contributed by atoms with van der Waals surface area (Å²) >= 11 is 0. The predicted octanol–water partition coefficient (Wildman–Crippen LogP) is 2.73.